The highest BCUT2D eigenvalue weighted by molar-refractivity contribution is 5.44. The summed E-state index contributed by atoms with van der Waals surface area (Å²) in [6.45, 7) is 2.67. The second-order valence-electron chi connectivity index (χ2n) is 5.07. The topological polar surface area (TPSA) is 47.3 Å². The predicted octanol–water partition coefficient (Wildman–Crippen LogP) is 2.62. The van der Waals surface area contributed by atoms with Crippen LogP contribution < -0.4 is 16.0 Å². The number of hydrazine groups is 1. The second kappa shape index (κ2) is 5.23. The molecule has 1 aliphatic rings. The van der Waals surface area contributed by atoms with Gasteiger partial charge in [0.05, 0.1) is 12.6 Å². The van der Waals surface area contributed by atoms with Crippen molar-refractivity contribution in [2.24, 2.45) is 5.84 Å². The van der Waals surface area contributed by atoms with Crippen LogP contribution in [0.1, 0.15) is 28.3 Å². The van der Waals surface area contributed by atoms with Gasteiger partial charge in [-0.05, 0) is 47.4 Å². The van der Waals surface area contributed by atoms with Gasteiger partial charge in [-0.25, -0.2) is 9.82 Å². The molecule has 3 nitrogen and oxygen atoms in total. The molecule has 2 aromatic carbocycles. The van der Waals surface area contributed by atoms with Crippen molar-refractivity contribution in [3.05, 3.63) is 64.5 Å². The quantitative estimate of drug-likeness (QED) is 0.667. The van der Waals surface area contributed by atoms with Crippen LogP contribution in [0.5, 0.6) is 5.75 Å². The summed E-state index contributed by atoms with van der Waals surface area (Å²) in [5.74, 6) is 6.37. The molecule has 104 valence electrons. The van der Waals surface area contributed by atoms with E-state index in [-0.39, 0.29) is 11.9 Å². The number of aryl methyl sites for hydroxylation is 1. The van der Waals surface area contributed by atoms with Crippen LogP contribution in [0.2, 0.25) is 0 Å². The SMILES string of the molecule is Cc1ccc(F)cc1C(NN)c1ccc2c(c1)CCO2. The lowest BCUT2D eigenvalue weighted by molar-refractivity contribution is 0.357. The van der Waals surface area contributed by atoms with Crippen molar-refractivity contribution in [3.63, 3.8) is 0 Å². The summed E-state index contributed by atoms with van der Waals surface area (Å²) in [5, 5.41) is 0. The van der Waals surface area contributed by atoms with E-state index in [1.807, 2.05) is 19.1 Å². The Morgan fingerprint density at radius 1 is 1.25 bits per heavy atom. The van der Waals surface area contributed by atoms with E-state index in [0.717, 1.165) is 35.5 Å². The molecule has 0 saturated heterocycles. The highest BCUT2D eigenvalue weighted by Crippen LogP contribution is 2.31. The molecule has 1 aliphatic heterocycles. The third kappa shape index (κ3) is 2.28. The van der Waals surface area contributed by atoms with Gasteiger partial charge in [-0.3, -0.25) is 5.84 Å². The summed E-state index contributed by atoms with van der Waals surface area (Å²) in [6, 6.07) is 10.5. The molecule has 3 rings (SSSR count). The van der Waals surface area contributed by atoms with Gasteiger partial charge in [-0.1, -0.05) is 18.2 Å². The first-order valence-corrected chi connectivity index (χ1v) is 6.67. The summed E-state index contributed by atoms with van der Waals surface area (Å²) in [7, 11) is 0. The Bertz CT molecular complexity index is 642. The Kier molecular flexibility index (Phi) is 3.42. The lowest BCUT2D eigenvalue weighted by Crippen LogP contribution is -2.29. The summed E-state index contributed by atoms with van der Waals surface area (Å²) >= 11 is 0. The van der Waals surface area contributed by atoms with Crippen molar-refractivity contribution in [3.8, 4) is 5.75 Å². The van der Waals surface area contributed by atoms with Crippen molar-refractivity contribution < 1.29 is 9.13 Å². The molecule has 20 heavy (non-hydrogen) atoms. The number of ether oxygens (including phenoxy) is 1. The maximum atomic E-state index is 13.5. The smallest absolute Gasteiger partial charge is 0.123 e. The second-order valence-corrected chi connectivity index (χ2v) is 5.07. The Morgan fingerprint density at radius 2 is 2.10 bits per heavy atom. The van der Waals surface area contributed by atoms with Gasteiger partial charge in [0.1, 0.15) is 11.6 Å². The van der Waals surface area contributed by atoms with E-state index in [1.165, 1.54) is 17.7 Å². The standard InChI is InChI=1S/C16H17FN2O/c1-10-2-4-13(17)9-14(10)16(19-18)12-3-5-15-11(8-12)6-7-20-15/h2-5,8-9,16,19H,6-7,18H2,1H3. The minimum Gasteiger partial charge on any atom is -0.493 e. The zero-order chi connectivity index (χ0) is 14.1. The molecule has 0 aromatic heterocycles. The van der Waals surface area contributed by atoms with Crippen molar-refractivity contribution in [1.29, 1.82) is 0 Å². The monoisotopic (exact) mass is 272 g/mol. The molecule has 0 fully saturated rings. The Morgan fingerprint density at radius 3 is 2.90 bits per heavy atom. The molecule has 2 aromatic rings. The molecule has 0 aliphatic carbocycles. The van der Waals surface area contributed by atoms with Crippen LogP contribution in [0.3, 0.4) is 0 Å². The number of fused-ring (bicyclic) bond motifs is 1. The van der Waals surface area contributed by atoms with Crippen LogP contribution in [0.15, 0.2) is 36.4 Å². The van der Waals surface area contributed by atoms with Gasteiger partial charge >= 0.3 is 0 Å². The van der Waals surface area contributed by atoms with Crippen LogP contribution in [0, 0.1) is 12.7 Å². The third-order valence-corrected chi connectivity index (χ3v) is 3.77. The highest BCUT2D eigenvalue weighted by Gasteiger charge is 2.19. The van der Waals surface area contributed by atoms with E-state index in [2.05, 4.69) is 11.5 Å². The first kappa shape index (κ1) is 13.1. The van der Waals surface area contributed by atoms with Crippen molar-refractivity contribution in [2.75, 3.05) is 6.61 Å². The molecule has 1 atom stereocenters. The van der Waals surface area contributed by atoms with Gasteiger partial charge in [-0.15, -0.1) is 0 Å². The third-order valence-electron chi connectivity index (χ3n) is 3.77. The van der Waals surface area contributed by atoms with Crippen LogP contribution >= 0.6 is 0 Å². The number of halogens is 1. The molecule has 0 spiro atoms. The average Bonchev–Trinajstić information content (AvgIpc) is 2.91. The Hall–Kier alpha value is -1.91. The fraction of sp³-hybridized carbons (Fsp3) is 0.250. The zero-order valence-electron chi connectivity index (χ0n) is 11.3. The van der Waals surface area contributed by atoms with Gasteiger partial charge in [0.15, 0.2) is 0 Å². The van der Waals surface area contributed by atoms with E-state index in [1.54, 1.807) is 6.07 Å². The van der Waals surface area contributed by atoms with E-state index in [9.17, 15) is 4.39 Å². The van der Waals surface area contributed by atoms with Crippen molar-refractivity contribution >= 4 is 0 Å². The Balaban J connectivity index is 2.03. The fourth-order valence-electron chi connectivity index (χ4n) is 2.67. The molecule has 1 heterocycles. The van der Waals surface area contributed by atoms with Gasteiger partial charge in [0.2, 0.25) is 0 Å². The predicted molar refractivity (Wildman–Crippen MR) is 75.9 cm³/mol. The molecule has 0 bridgehead atoms. The number of rotatable bonds is 3. The average molecular weight is 272 g/mol. The lowest BCUT2D eigenvalue weighted by atomic mass is 9.94. The molecular formula is C16H17FN2O. The molecule has 3 N–H and O–H groups in total. The van der Waals surface area contributed by atoms with Gasteiger partial charge in [0.25, 0.3) is 0 Å². The summed E-state index contributed by atoms with van der Waals surface area (Å²) in [5.41, 5.74) is 6.84. The first-order chi connectivity index (χ1) is 9.69. The fourth-order valence-corrected chi connectivity index (χ4v) is 2.67. The van der Waals surface area contributed by atoms with Crippen LogP contribution in [-0.4, -0.2) is 6.61 Å². The minimum atomic E-state index is -0.254. The minimum absolute atomic E-state index is 0.225. The number of hydrogen-bond donors (Lipinski definition) is 2. The normalized spacial score (nSPS) is 14.8. The molecule has 0 amide bonds. The number of benzene rings is 2. The number of nitrogens with one attached hydrogen (secondary N) is 1. The lowest BCUT2D eigenvalue weighted by Gasteiger charge is -2.20. The van der Waals surface area contributed by atoms with Gasteiger partial charge in [0, 0.05) is 6.42 Å². The molecule has 1 unspecified atom stereocenters. The van der Waals surface area contributed by atoms with E-state index in [4.69, 9.17) is 10.6 Å². The maximum Gasteiger partial charge on any atom is 0.123 e. The van der Waals surface area contributed by atoms with E-state index in [0.29, 0.717) is 0 Å². The van der Waals surface area contributed by atoms with Crippen LogP contribution in [-0.2, 0) is 6.42 Å². The molecule has 0 saturated carbocycles. The van der Waals surface area contributed by atoms with Crippen LogP contribution in [0.25, 0.3) is 0 Å². The number of hydrogen-bond acceptors (Lipinski definition) is 3. The molecule has 0 radical (unpaired) electrons. The zero-order valence-corrected chi connectivity index (χ0v) is 11.3. The summed E-state index contributed by atoms with van der Waals surface area (Å²) in [4.78, 5) is 0. The highest BCUT2D eigenvalue weighted by atomic mass is 19.1. The maximum absolute atomic E-state index is 13.5. The first-order valence-electron chi connectivity index (χ1n) is 6.67. The summed E-state index contributed by atoms with van der Waals surface area (Å²) in [6.07, 6.45) is 0.905. The van der Waals surface area contributed by atoms with Crippen molar-refractivity contribution in [2.45, 2.75) is 19.4 Å². The largest absolute Gasteiger partial charge is 0.493 e. The van der Waals surface area contributed by atoms with Gasteiger partial charge in [-0.2, -0.15) is 0 Å². The Labute approximate surface area is 117 Å². The molecular weight excluding hydrogens is 255 g/mol. The summed E-state index contributed by atoms with van der Waals surface area (Å²) < 4.78 is 19.0. The molecule has 4 heteroatoms. The number of nitrogens with two attached hydrogens (primary N) is 1. The van der Waals surface area contributed by atoms with Gasteiger partial charge < -0.3 is 4.74 Å². The van der Waals surface area contributed by atoms with E-state index >= 15 is 0 Å². The van der Waals surface area contributed by atoms with E-state index < -0.39 is 0 Å². The van der Waals surface area contributed by atoms with Crippen molar-refractivity contribution in [1.82, 2.24) is 5.43 Å². The van der Waals surface area contributed by atoms with Crippen LogP contribution in [0.4, 0.5) is 4.39 Å².